The van der Waals surface area contributed by atoms with Gasteiger partial charge in [-0.1, -0.05) is 12.8 Å². The molecule has 1 aliphatic rings. The summed E-state index contributed by atoms with van der Waals surface area (Å²) in [6.07, 6.45) is 6.52. The van der Waals surface area contributed by atoms with Gasteiger partial charge in [-0.15, -0.1) is 0 Å². The van der Waals surface area contributed by atoms with Gasteiger partial charge in [-0.2, -0.15) is 17.0 Å². The molecule has 1 aliphatic carbocycles. The van der Waals surface area contributed by atoms with Crippen LogP contribution in [0, 0.1) is 11.3 Å². The molecule has 4 nitrogen and oxygen atoms in total. The summed E-state index contributed by atoms with van der Waals surface area (Å²) in [6.45, 7) is 0. The predicted molar refractivity (Wildman–Crippen MR) is 63.1 cm³/mol. The van der Waals surface area contributed by atoms with Crippen LogP contribution in [-0.2, 0) is 5.75 Å². The average Bonchev–Trinajstić information content (AvgIpc) is 2.79. The first-order valence-electron chi connectivity index (χ1n) is 5.39. The Morgan fingerprint density at radius 1 is 1.56 bits per heavy atom. The zero-order valence-corrected chi connectivity index (χ0v) is 9.72. The van der Waals surface area contributed by atoms with E-state index < -0.39 is 0 Å². The highest BCUT2D eigenvalue weighted by molar-refractivity contribution is 7.99. The molecule has 0 saturated heterocycles. The van der Waals surface area contributed by atoms with E-state index in [1.165, 1.54) is 31.9 Å². The van der Waals surface area contributed by atoms with Crippen LogP contribution in [0.3, 0.4) is 0 Å². The minimum absolute atomic E-state index is 0.0783. The minimum atomic E-state index is -0.334. The van der Waals surface area contributed by atoms with Crippen molar-refractivity contribution >= 4 is 11.8 Å². The van der Waals surface area contributed by atoms with Gasteiger partial charge >= 0.3 is 0 Å². The van der Waals surface area contributed by atoms with Crippen LogP contribution in [0.5, 0.6) is 0 Å². The minimum Gasteiger partial charge on any atom is -0.309 e. The van der Waals surface area contributed by atoms with Gasteiger partial charge < -0.3 is 4.98 Å². The lowest BCUT2D eigenvalue weighted by atomic mass is 10.4. The van der Waals surface area contributed by atoms with Gasteiger partial charge in [-0.25, -0.2) is 4.98 Å². The first-order chi connectivity index (χ1) is 7.79. The predicted octanol–water partition coefficient (Wildman–Crippen LogP) is 1.82. The van der Waals surface area contributed by atoms with E-state index >= 15 is 0 Å². The first kappa shape index (κ1) is 11.2. The van der Waals surface area contributed by atoms with E-state index in [0.29, 0.717) is 11.1 Å². The molecule has 0 spiro atoms. The molecule has 0 aliphatic heterocycles. The molecule has 84 valence electrons. The van der Waals surface area contributed by atoms with Crippen LogP contribution in [0.1, 0.15) is 37.1 Å². The number of hydrogen-bond acceptors (Lipinski definition) is 4. The number of aromatic amines is 1. The number of nitrogens with one attached hydrogen (secondary N) is 1. The Labute approximate surface area is 98.1 Å². The van der Waals surface area contributed by atoms with Gasteiger partial charge in [0.2, 0.25) is 0 Å². The highest BCUT2D eigenvalue weighted by Crippen LogP contribution is 2.30. The van der Waals surface area contributed by atoms with Crippen LogP contribution < -0.4 is 5.56 Å². The van der Waals surface area contributed by atoms with Gasteiger partial charge in [0, 0.05) is 5.25 Å². The second kappa shape index (κ2) is 5.17. The number of hydrogen-bond donors (Lipinski definition) is 1. The van der Waals surface area contributed by atoms with Crippen LogP contribution in [0.15, 0.2) is 11.0 Å². The van der Waals surface area contributed by atoms with Gasteiger partial charge in [0.15, 0.2) is 0 Å². The molecule has 0 atom stereocenters. The summed E-state index contributed by atoms with van der Waals surface area (Å²) in [5, 5.41) is 9.31. The maximum atomic E-state index is 11.3. The molecule has 5 heteroatoms. The fourth-order valence-corrected chi connectivity index (χ4v) is 3.04. The van der Waals surface area contributed by atoms with Gasteiger partial charge in [0.25, 0.3) is 5.56 Å². The molecule has 1 heterocycles. The lowest BCUT2D eigenvalue weighted by Gasteiger charge is -2.07. The van der Waals surface area contributed by atoms with Crippen LogP contribution >= 0.6 is 11.8 Å². The smallest absolute Gasteiger partial charge is 0.268 e. The fourth-order valence-electron chi connectivity index (χ4n) is 1.84. The largest absolute Gasteiger partial charge is 0.309 e. The summed E-state index contributed by atoms with van der Waals surface area (Å²) in [4.78, 5) is 18.1. The van der Waals surface area contributed by atoms with Crippen molar-refractivity contribution in [2.45, 2.75) is 36.7 Å². The molecule has 1 saturated carbocycles. The Balaban J connectivity index is 1.97. The number of rotatable bonds is 3. The first-order valence-corrected chi connectivity index (χ1v) is 6.44. The second-order valence-electron chi connectivity index (χ2n) is 3.90. The van der Waals surface area contributed by atoms with Crippen molar-refractivity contribution in [2.75, 3.05) is 0 Å². The van der Waals surface area contributed by atoms with Crippen molar-refractivity contribution < 1.29 is 0 Å². The van der Waals surface area contributed by atoms with Crippen LogP contribution in [0.4, 0.5) is 0 Å². The van der Waals surface area contributed by atoms with E-state index in [4.69, 9.17) is 5.26 Å². The summed E-state index contributed by atoms with van der Waals surface area (Å²) in [5.41, 5.74) is -0.255. The standard InChI is InChI=1S/C11H13N3OS/c12-5-8-6-13-10(14-11(8)15)7-16-9-3-1-2-4-9/h6,9H,1-4,7H2,(H,13,14,15). The molecule has 2 rings (SSSR count). The summed E-state index contributed by atoms with van der Waals surface area (Å²) in [6, 6.07) is 1.81. The van der Waals surface area contributed by atoms with Gasteiger partial charge in [0.05, 0.1) is 11.9 Å². The molecule has 1 aromatic heterocycles. The van der Waals surface area contributed by atoms with E-state index in [9.17, 15) is 4.79 Å². The van der Waals surface area contributed by atoms with Gasteiger partial charge in [-0.05, 0) is 12.8 Å². The number of thioether (sulfide) groups is 1. The molecular formula is C11H13N3OS. The maximum absolute atomic E-state index is 11.3. The zero-order valence-electron chi connectivity index (χ0n) is 8.90. The van der Waals surface area contributed by atoms with Crippen molar-refractivity contribution in [3.05, 3.63) is 27.9 Å². The molecule has 16 heavy (non-hydrogen) atoms. The Hall–Kier alpha value is -1.28. The molecule has 0 aromatic carbocycles. The number of nitrogens with zero attached hydrogens (tertiary/aromatic N) is 2. The van der Waals surface area contributed by atoms with Gasteiger partial charge in [-0.3, -0.25) is 4.79 Å². The highest BCUT2D eigenvalue weighted by atomic mass is 32.2. The molecule has 1 fully saturated rings. The van der Waals surface area contributed by atoms with Crippen LogP contribution in [0.25, 0.3) is 0 Å². The molecule has 0 radical (unpaired) electrons. The topological polar surface area (TPSA) is 69.5 Å². The quantitative estimate of drug-likeness (QED) is 0.867. The van der Waals surface area contributed by atoms with E-state index in [2.05, 4.69) is 9.97 Å². The van der Waals surface area contributed by atoms with Gasteiger partial charge in [0.1, 0.15) is 17.5 Å². The van der Waals surface area contributed by atoms with Crippen molar-refractivity contribution in [3.8, 4) is 6.07 Å². The van der Waals surface area contributed by atoms with E-state index in [1.54, 1.807) is 6.07 Å². The maximum Gasteiger partial charge on any atom is 0.268 e. The third-order valence-corrected chi connectivity index (χ3v) is 4.11. The third-order valence-electron chi connectivity index (χ3n) is 2.73. The lowest BCUT2D eigenvalue weighted by molar-refractivity contribution is 0.886. The molecule has 1 N–H and O–H groups in total. The van der Waals surface area contributed by atoms with E-state index in [1.807, 2.05) is 11.8 Å². The molecule has 1 aromatic rings. The van der Waals surface area contributed by atoms with Crippen molar-refractivity contribution in [1.29, 1.82) is 5.26 Å². The number of H-pyrrole nitrogens is 1. The molecular weight excluding hydrogens is 222 g/mol. The third kappa shape index (κ3) is 2.64. The van der Waals surface area contributed by atoms with Crippen LogP contribution in [0.2, 0.25) is 0 Å². The fraction of sp³-hybridized carbons (Fsp3) is 0.545. The molecule has 0 bridgehead atoms. The number of nitriles is 1. The Morgan fingerprint density at radius 2 is 2.31 bits per heavy atom. The molecule has 0 unspecified atom stereocenters. The zero-order chi connectivity index (χ0) is 11.4. The Morgan fingerprint density at radius 3 is 2.94 bits per heavy atom. The number of aromatic nitrogens is 2. The Kier molecular flexibility index (Phi) is 3.62. The van der Waals surface area contributed by atoms with Crippen molar-refractivity contribution in [1.82, 2.24) is 9.97 Å². The van der Waals surface area contributed by atoms with E-state index in [-0.39, 0.29) is 11.1 Å². The van der Waals surface area contributed by atoms with Crippen molar-refractivity contribution in [3.63, 3.8) is 0 Å². The highest BCUT2D eigenvalue weighted by Gasteiger charge is 2.15. The average molecular weight is 235 g/mol. The van der Waals surface area contributed by atoms with E-state index in [0.717, 1.165) is 5.75 Å². The normalized spacial score (nSPS) is 16.2. The summed E-state index contributed by atoms with van der Waals surface area (Å²) in [7, 11) is 0. The lowest BCUT2D eigenvalue weighted by Crippen LogP contribution is -2.14. The SMILES string of the molecule is N#Cc1cnc(CSC2CCCC2)[nH]c1=O. The van der Waals surface area contributed by atoms with Crippen molar-refractivity contribution in [2.24, 2.45) is 0 Å². The summed E-state index contributed by atoms with van der Waals surface area (Å²) < 4.78 is 0. The second-order valence-corrected chi connectivity index (χ2v) is 5.19. The van der Waals surface area contributed by atoms with Crippen LogP contribution in [-0.4, -0.2) is 15.2 Å². The Bertz CT molecular complexity index is 457. The molecule has 0 amide bonds. The summed E-state index contributed by atoms with van der Waals surface area (Å²) >= 11 is 1.84. The summed E-state index contributed by atoms with van der Waals surface area (Å²) in [5.74, 6) is 1.40. The monoisotopic (exact) mass is 235 g/mol.